The molecule has 0 atom stereocenters. The van der Waals surface area contributed by atoms with Crippen LogP contribution in [-0.2, 0) is 6.54 Å². The molecule has 0 saturated carbocycles. The van der Waals surface area contributed by atoms with Crippen LogP contribution in [-0.4, -0.2) is 19.0 Å². The SMILES string of the molecule is Cc1cc(CNC2=NCCCN2)ccc1-c1ccccc1.I. The zero-order chi connectivity index (χ0) is 14.5. The van der Waals surface area contributed by atoms with Gasteiger partial charge in [-0.25, -0.2) is 0 Å². The molecule has 2 aromatic rings. The lowest BCUT2D eigenvalue weighted by Gasteiger charge is -2.16. The molecule has 2 aromatic carbocycles. The molecule has 2 N–H and O–H groups in total. The van der Waals surface area contributed by atoms with Crippen LogP contribution >= 0.6 is 24.0 Å². The van der Waals surface area contributed by atoms with Gasteiger partial charge >= 0.3 is 0 Å². The van der Waals surface area contributed by atoms with Gasteiger partial charge in [-0.15, -0.1) is 24.0 Å². The highest BCUT2D eigenvalue weighted by molar-refractivity contribution is 14.0. The molecule has 3 rings (SSSR count). The largest absolute Gasteiger partial charge is 0.356 e. The Morgan fingerprint density at radius 2 is 1.95 bits per heavy atom. The number of nitrogens with one attached hydrogen (secondary N) is 2. The number of rotatable bonds is 3. The highest BCUT2D eigenvalue weighted by Gasteiger charge is 2.05. The Labute approximate surface area is 149 Å². The summed E-state index contributed by atoms with van der Waals surface area (Å²) in [7, 11) is 0. The van der Waals surface area contributed by atoms with E-state index in [0.717, 1.165) is 32.0 Å². The van der Waals surface area contributed by atoms with Gasteiger partial charge in [-0.05, 0) is 35.6 Å². The number of aryl methyl sites for hydroxylation is 1. The number of halogens is 1. The summed E-state index contributed by atoms with van der Waals surface area (Å²) in [5.74, 6) is 0.922. The van der Waals surface area contributed by atoms with E-state index in [1.54, 1.807) is 0 Å². The second-order valence-electron chi connectivity index (χ2n) is 5.38. The fourth-order valence-electron chi connectivity index (χ4n) is 2.61. The van der Waals surface area contributed by atoms with Crippen molar-refractivity contribution in [1.82, 2.24) is 10.6 Å². The molecule has 0 radical (unpaired) electrons. The third-order valence-corrected chi connectivity index (χ3v) is 3.73. The summed E-state index contributed by atoms with van der Waals surface area (Å²) >= 11 is 0. The molecule has 0 bridgehead atoms. The van der Waals surface area contributed by atoms with Crippen molar-refractivity contribution in [2.75, 3.05) is 13.1 Å². The van der Waals surface area contributed by atoms with Gasteiger partial charge in [0.05, 0.1) is 0 Å². The van der Waals surface area contributed by atoms with Crippen LogP contribution in [0.5, 0.6) is 0 Å². The van der Waals surface area contributed by atoms with Crippen LogP contribution in [0.3, 0.4) is 0 Å². The maximum Gasteiger partial charge on any atom is 0.191 e. The average molecular weight is 407 g/mol. The van der Waals surface area contributed by atoms with E-state index in [4.69, 9.17) is 0 Å². The van der Waals surface area contributed by atoms with Crippen molar-refractivity contribution in [2.24, 2.45) is 4.99 Å². The maximum absolute atomic E-state index is 4.43. The van der Waals surface area contributed by atoms with Crippen molar-refractivity contribution in [3.05, 3.63) is 59.7 Å². The van der Waals surface area contributed by atoms with Crippen LogP contribution in [0.15, 0.2) is 53.5 Å². The molecule has 0 saturated heterocycles. The quantitative estimate of drug-likeness (QED) is 0.762. The molecule has 4 heteroatoms. The minimum Gasteiger partial charge on any atom is -0.356 e. The van der Waals surface area contributed by atoms with Crippen LogP contribution in [0.1, 0.15) is 17.5 Å². The summed E-state index contributed by atoms with van der Waals surface area (Å²) in [5.41, 5.74) is 5.15. The third kappa shape index (κ3) is 4.22. The van der Waals surface area contributed by atoms with Crippen molar-refractivity contribution < 1.29 is 0 Å². The van der Waals surface area contributed by atoms with Crippen molar-refractivity contribution >= 4 is 29.9 Å². The molecule has 22 heavy (non-hydrogen) atoms. The van der Waals surface area contributed by atoms with E-state index < -0.39 is 0 Å². The van der Waals surface area contributed by atoms with Crippen molar-refractivity contribution in [3.63, 3.8) is 0 Å². The molecular weight excluding hydrogens is 385 g/mol. The molecule has 0 amide bonds. The highest BCUT2D eigenvalue weighted by atomic mass is 127. The number of benzene rings is 2. The van der Waals surface area contributed by atoms with Crippen molar-refractivity contribution in [2.45, 2.75) is 19.9 Å². The van der Waals surface area contributed by atoms with Gasteiger partial charge in [0.15, 0.2) is 5.96 Å². The molecule has 1 aliphatic rings. The Morgan fingerprint density at radius 3 is 2.64 bits per heavy atom. The number of aliphatic imine (C=N–C) groups is 1. The average Bonchev–Trinajstić information content (AvgIpc) is 2.55. The lowest BCUT2D eigenvalue weighted by molar-refractivity contribution is 0.702. The smallest absolute Gasteiger partial charge is 0.191 e. The van der Waals surface area contributed by atoms with Gasteiger partial charge in [0.25, 0.3) is 0 Å². The van der Waals surface area contributed by atoms with E-state index in [-0.39, 0.29) is 24.0 Å². The predicted molar refractivity (Wildman–Crippen MR) is 104 cm³/mol. The Kier molecular flexibility index (Phi) is 6.24. The fraction of sp³-hybridized carbons (Fsp3) is 0.278. The lowest BCUT2D eigenvalue weighted by atomic mass is 9.98. The van der Waals surface area contributed by atoms with Gasteiger partial charge in [-0.3, -0.25) is 4.99 Å². The summed E-state index contributed by atoms with van der Waals surface area (Å²) in [6.45, 7) is 4.91. The summed E-state index contributed by atoms with van der Waals surface area (Å²) in [5, 5.41) is 6.64. The molecular formula is C18H22IN3. The minimum atomic E-state index is 0. The predicted octanol–water partition coefficient (Wildman–Crippen LogP) is 3.72. The molecule has 0 spiro atoms. The number of hydrogen-bond donors (Lipinski definition) is 2. The van der Waals surface area contributed by atoms with Crippen LogP contribution < -0.4 is 10.6 Å². The van der Waals surface area contributed by atoms with E-state index in [2.05, 4.69) is 71.1 Å². The Hall–Kier alpha value is -1.56. The summed E-state index contributed by atoms with van der Waals surface area (Å²) in [6.07, 6.45) is 1.12. The van der Waals surface area contributed by atoms with Gasteiger partial charge < -0.3 is 10.6 Å². The molecule has 1 heterocycles. The maximum atomic E-state index is 4.43. The Morgan fingerprint density at radius 1 is 1.14 bits per heavy atom. The Balaban J connectivity index is 0.00000176. The number of guanidine groups is 1. The summed E-state index contributed by atoms with van der Waals surface area (Å²) in [6, 6.07) is 17.2. The van der Waals surface area contributed by atoms with E-state index in [1.165, 1.54) is 22.3 Å². The first kappa shape index (κ1) is 16.8. The van der Waals surface area contributed by atoms with E-state index in [1.807, 2.05) is 0 Å². The van der Waals surface area contributed by atoms with E-state index in [9.17, 15) is 0 Å². The first-order chi connectivity index (χ1) is 10.3. The first-order valence-electron chi connectivity index (χ1n) is 7.50. The zero-order valence-electron chi connectivity index (χ0n) is 12.8. The molecule has 0 unspecified atom stereocenters. The van der Waals surface area contributed by atoms with Crippen LogP contribution in [0, 0.1) is 6.92 Å². The summed E-state index contributed by atoms with van der Waals surface area (Å²) in [4.78, 5) is 4.43. The number of hydrogen-bond acceptors (Lipinski definition) is 3. The molecule has 3 nitrogen and oxygen atoms in total. The first-order valence-corrected chi connectivity index (χ1v) is 7.50. The monoisotopic (exact) mass is 407 g/mol. The molecule has 0 aliphatic carbocycles. The van der Waals surface area contributed by atoms with Crippen molar-refractivity contribution in [3.8, 4) is 11.1 Å². The van der Waals surface area contributed by atoms with Crippen LogP contribution in [0.4, 0.5) is 0 Å². The fourth-order valence-corrected chi connectivity index (χ4v) is 2.61. The Bertz CT molecular complexity index is 638. The van der Waals surface area contributed by atoms with E-state index in [0.29, 0.717) is 0 Å². The second kappa shape index (κ2) is 8.17. The van der Waals surface area contributed by atoms with Gasteiger partial charge in [0.1, 0.15) is 0 Å². The molecule has 0 fully saturated rings. The topological polar surface area (TPSA) is 36.4 Å². The lowest BCUT2D eigenvalue weighted by Crippen LogP contribution is -2.40. The molecule has 0 aromatic heterocycles. The van der Waals surface area contributed by atoms with Crippen LogP contribution in [0.25, 0.3) is 11.1 Å². The normalized spacial score (nSPS) is 13.6. The third-order valence-electron chi connectivity index (χ3n) is 3.73. The molecule has 1 aliphatic heterocycles. The molecule has 116 valence electrons. The van der Waals surface area contributed by atoms with E-state index >= 15 is 0 Å². The second-order valence-corrected chi connectivity index (χ2v) is 5.38. The van der Waals surface area contributed by atoms with Crippen molar-refractivity contribution in [1.29, 1.82) is 0 Å². The standard InChI is InChI=1S/C18H21N3.HI/c1-14-12-15(13-21-18-19-10-5-11-20-18)8-9-17(14)16-6-3-2-4-7-16;/h2-4,6-9,12H,5,10-11,13H2,1H3,(H2,19,20,21);1H. The van der Waals surface area contributed by atoms with Gasteiger partial charge in [-0.1, -0.05) is 48.5 Å². The van der Waals surface area contributed by atoms with Gasteiger partial charge in [0.2, 0.25) is 0 Å². The minimum absolute atomic E-state index is 0. The number of nitrogens with zero attached hydrogens (tertiary/aromatic N) is 1. The highest BCUT2D eigenvalue weighted by Crippen LogP contribution is 2.23. The van der Waals surface area contributed by atoms with Gasteiger partial charge in [0, 0.05) is 19.6 Å². The zero-order valence-corrected chi connectivity index (χ0v) is 15.1. The summed E-state index contributed by atoms with van der Waals surface area (Å²) < 4.78 is 0. The van der Waals surface area contributed by atoms with Gasteiger partial charge in [-0.2, -0.15) is 0 Å². The van der Waals surface area contributed by atoms with Crippen LogP contribution in [0.2, 0.25) is 0 Å².